The van der Waals surface area contributed by atoms with Crippen LogP contribution in [-0.2, 0) is 26.1 Å². The van der Waals surface area contributed by atoms with Crippen LogP contribution in [-0.4, -0.2) is 25.7 Å². The summed E-state index contributed by atoms with van der Waals surface area (Å²) < 4.78 is 29.1. The van der Waals surface area contributed by atoms with Crippen LogP contribution in [0.4, 0.5) is 8.78 Å². The maximum atomic E-state index is 14.1. The van der Waals surface area contributed by atoms with Crippen LogP contribution < -0.4 is 0 Å². The van der Waals surface area contributed by atoms with Gasteiger partial charge in [-0.3, -0.25) is 9.58 Å². The van der Waals surface area contributed by atoms with Gasteiger partial charge in [0, 0.05) is 30.8 Å². The molecule has 2 heterocycles. The van der Waals surface area contributed by atoms with E-state index < -0.39 is 11.6 Å². The summed E-state index contributed by atoms with van der Waals surface area (Å²) in [6.45, 7) is 1.84. The van der Waals surface area contributed by atoms with E-state index in [1.165, 1.54) is 29.6 Å². The van der Waals surface area contributed by atoms with Crippen LogP contribution in [0.15, 0.2) is 55.1 Å². The molecular formula is C19H18F2N4. The zero-order valence-corrected chi connectivity index (χ0v) is 13.6. The fraction of sp³-hybridized carbons (Fsp3) is 0.263. The van der Waals surface area contributed by atoms with Gasteiger partial charge in [-0.15, -0.1) is 0 Å². The molecule has 128 valence electrons. The van der Waals surface area contributed by atoms with E-state index >= 15 is 0 Å². The van der Waals surface area contributed by atoms with E-state index in [0.29, 0.717) is 18.7 Å². The standard InChI is InChI=1S/C19H18F2N4/c20-17-6-5-16(19(21)8-17)10-24-9-15-4-2-1-3-14(15)7-18(24)11-25-13-22-12-23-25/h1-6,8,12-13,18H,7,9-11H2. The molecule has 0 spiro atoms. The first-order chi connectivity index (χ1) is 12.2. The Kier molecular flexibility index (Phi) is 4.28. The Morgan fingerprint density at radius 2 is 1.92 bits per heavy atom. The van der Waals surface area contributed by atoms with E-state index in [9.17, 15) is 8.78 Å². The first-order valence-electron chi connectivity index (χ1n) is 8.26. The monoisotopic (exact) mass is 340 g/mol. The lowest BCUT2D eigenvalue weighted by molar-refractivity contribution is 0.140. The van der Waals surface area contributed by atoms with Gasteiger partial charge in [0.2, 0.25) is 0 Å². The van der Waals surface area contributed by atoms with Crippen molar-refractivity contribution in [2.24, 2.45) is 0 Å². The van der Waals surface area contributed by atoms with Crippen molar-refractivity contribution < 1.29 is 8.78 Å². The van der Waals surface area contributed by atoms with E-state index in [-0.39, 0.29) is 6.04 Å². The third kappa shape index (κ3) is 3.44. The molecule has 0 amide bonds. The minimum Gasteiger partial charge on any atom is -0.290 e. The number of hydrogen-bond donors (Lipinski definition) is 0. The third-order valence-corrected chi connectivity index (χ3v) is 4.72. The molecule has 1 aliphatic rings. The highest BCUT2D eigenvalue weighted by atomic mass is 19.1. The fourth-order valence-corrected chi connectivity index (χ4v) is 3.42. The van der Waals surface area contributed by atoms with Crippen molar-refractivity contribution in [3.63, 3.8) is 0 Å². The molecule has 4 rings (SSSR count). The first-order valence-corrected chi connectivity index (χ1v) is 8.26. The van der Waals surface area contributed by atoms with Crippen LogP contribution in [0, 0.1) is 11.6 Å². The van der Waals surface area contributed by atoms with Crippen LogP contribution in [0.2, 0.25) is 0 Å². The zero-order valence-electron chi connectivity index (χ0n) is 13.6. The molecule has 3 aromatic rings. The van der Waals surface area contributed by atoms with Gasteiger partial charge in [0.05, 0.1) is 6.54 Å². The molecule has 0 fully saturated rings. The van der Waals surface area contributed by atoms with Gasteiger partial charge in [-0.25, -0.2) is 13.8 Å². The Balaban J connectivity index is 1.62. The molecule has 1 unspecified atom stereocenters. The van der Waals surface area contributed by atoms with E-state index in [0.717, 1.165) is 19.0 Å². The highest BCUT2D eigenvalue weighted by Crippen LogP contribution is 2.26. The van der Waals surface area contributed by atoms with Gasteiger partial charge in [-0.1, -0.05) is 30.3 Å². The lowest BCUT2D eigenvalue weighted by Crippen LogP contribution is -2.42. The quantitative estimate of drug-likeness (QED) is 0.731. The van der Waals surface area contributed by atoms with Crippen LogP contribution in [0.5, 0.6) is 0 Å². The van der Waals surface area contributed by atoms with Gasteiger partial charge in [0.15, 0.2) is 0 Å². The second-order valence-corrected chi connectivity index (χ2v) is 6.38. The van der Waals surface area contributed by atoms with Gasteiger partial charge in [0.25, 0.3) is 0 Å². The Bertz CT molecular complexity index is 864. The Morgan fingerprint density at radius 3 is 2.68 bits per heavy atom. The number of halogens is 2. The summed E-state index contributed by atoms with van der Waals surface area (Å²) in [7, 11) is 0. The molecule has 0 saturated carbocycles. The van der Waals surface area contributed by atoms with Crippen molar-refractivity contribution in [2.75, 3.05) is 0 Å². The molecule has 1 atom stereocenters. The average molecular weight is 340 g/mol. The van der Waals surface area contributed by atoms with Gasteiger partial charge >= 0.3 is 0 Å². The first kappa shape index (κ1) is 15.9. The van der Waals surface area contributed by atoms with Crippen LogP contribution in [0.3, 0.4) is 0 Å². The minimum atomic E-state index is -0.551. The maximum absolute atomic E-state index is 14.1. The van der Waals surface area contributed by atoms with Crippen molar-refractivity contribution in [1.29, 1.82) is 0 Å². The molecule has 6 heteroatoms. The van der Waals surface area contributed by atoms with E-state index in [2.05, 4.69) is 27.1 Å². The minimum absolute atomic E-state index is 0.168. The van der Waals surface area contributed by atoms with E-state index in [4.69, 9.17) is 0 Å². The Labute approximate surface area is 144 Å². The number of benzene rings is 2. The summed E-state index contributed by atoms with van der Waals surface area (Å²) >= 11 is 0. The molecule has 0 radical (unpaired) electrons. The summed E-state index contributed by atoms with van der Waals surface area (Å²) in [6.07, 6.45) is 4.07. The average Bonchev–Trinajstić information content (AvgIpc) is 3.11. The molecule has 4 nitrogen and oxygen atoms in total. The summed E-state index contributed by atoms with van der Waals surface area (Å²) in [4.78, 5) is 6.22. The van der Waals surface area contributed by atoms with Gasteiger partial charge < -0.3 is 0 Å². The summed E-state index contributed by atoms with van der Waals surface area (Å²) in [6, 6.07) is 12.3. The third-order valence-electron chi connectivity index (χ3n) is 4.72. The van der Waals surface area contributed by atoms with Crippen LogP contribution in [0.1, 0.15) is 16.7 Å². The van der Waals surface area contributed by atoms with Crippen molar-refractivity contribution in [1.82, 2.24) is 19.7 Å². The van der Waals surface area contributed by atoms with Gasteiger partial charge in [0.1, 0.15) is 24.3 Å². The number of nitrogens with zero attached hydrogens (tertiary/aromatic N) is 4. The molecule has 1 aliphatic heterocycles. The summed E-state index contributed by atoms with van der Waals surface area (Å²) in [5.41, 5.74) is 3.06. The fourth-order valence-electron chi connectivity index (χ4n) is 3.42. The van der Waals surface area contributed by atoms with Gasteiger partial charge in [-0.2, -0.15) is 5.10 Å². The molecule has 0 N–H and O–H groups in total. The molecule has 1 aromatic heterocycles. The summed E-state index contributed by atoms with van der Waals surface area (Å²) in [5, 5.41) is 4.19. The normalized spacial score (nSPS) is 17.4. The van der Waals surface area contributed by atoms with Crippen molar-refractivity contribution in [2.45, 2.75) is 32.1 Å². The smallest absolute Gasteiger partial charge is 0.137 e. The number of fused-ring (bicyclic) bond motifs is 1. The number of rotatable bonds is 4. The van der Waals surface area contributed by atoms with Crippen molar-refractivity contribution >= 4 is 0 Å². The van der Waals surface area contributed by atoms with Crippen LogP contribution in [0.25, 0.3) is 0 Å². The van der Waals surface area contributed by atoms with Gasteiger partial charge in [-0.05, 0) is 23.6 Å². The highest BCUT2D eigenvalue weighted by molar-refractivity contribution is 5.30. The predicted molar refractivity (Wildman–Crippen MR) is 89.6 cm³/mol. The highest BCUT2D eigenvalue weighted by Gasteiger charge is 2.27. The van der Waals surface area contributed by atoms with E-state index in [1.54, 1.807) is 11.0 Å². The molecule has 0 saturated heterocycles. The number of aromatic nitrogens is 3. The summed E-state index contributed by atoms with van der Waals surface area (Å²) in [5.74, 6) is -1.05. The Hall–Kier alpha value is -2.60. The lowest BCUT2D eigenvalue weighted by Gasteiger charge is -2.37. The molecule has 2 aromatic carbocycles. The predicted octanol–water partition coefficient (Wildman–Crippen LogP) is 3.18. The molecular weight excluding hydrogens is 322 g/mol. The van der Waals surface area contributed by atoms with Crippen LogP contribution >= 0.6 is 0 Å². The van der Waals surface area contributed by atoms with Crippen molar-refractivity contribution in [3.05, 3.63) is 83.4 Å². The van der Waals surface area contributed by atoms with E-state index in [1.807, 2.05) is 12.1 Å². The Morgan fingerprint density at radius 1 is 1.08 bits per heavy atom. The molecule has 0 bridgehead atoms. The maximum Gasteiger partial charge on any atom is 0.137 e. The SMILES string of the molecule is Fc1ccc(CN2Cc3ccccc3CC2Cn2cncn2)c(F)c1. The van der Waals surface area contributed by atoms with Crippen molar-refractivity contribution in [3.8, 4) is 0 Å². The zero-order chi connectivity index (χ0) is 17.2. The molecule has 25 heavy (non-hydrogen) atoms. The lowest BCUT2D eigenvalue weighted by atomic mass is 9.93. The molecule has 0 aliphatic carbocycles. The number of hydrogen-bond acceptors (Lipinski definition) is 3. The largest absolute Gasteiger partial charge is 0.290 e. The second kappa shape index (κ2) is 6.72. The topological polar surface area (TPSA) is 34.0 Å². The second-order valence-electron chi connectivity index (χ2n) is 6.38.